The molecule has 2 aliphatic rings. The van der Waals surface area contributed by atoms with Crippen molar-refractivity contribution in [3.8, 4) is 0 Å². The van der Waals surface area contributed by atoms with Gasteiger partial charge in [-0.2, -0.15) is 0 Å². The van der Waals surface area contributed by atoms with Crippen molar-refractivity contribution >= 4 is 15.7 Å². The van der Waals surface area contributed by atoms with Gasteiger partial charge in [-0.05, 0) is 56.6 Å². The Morgan fingerprint density at radius 3 is 2.22 bits per heavy atom. The highest BCUT2D eigenvalue weighted by molar-refractivity contribution is 7.92. The normalized spacial score (nSPS) is 24.7. The molecular formula is C22H33NO3S. The highest BCUT2D eigenvalue weighted by atomic mass is 32.2. The van der Waals surface area contributed by atoms with Gasteiger partial charge < -0.3 is 4.90 Å². The number of nitrogens with zero attached hydrogens (tertiary/aromatic N) is 1. The fourth-order valence-corrected chi connectivity index (χ4v) is 6.39. The summed E-state index contributed by atoms with van der Waals surface area (Å²) in [6.45, 7) is 3.38. The van der Waals surface area contributed by atoms with Crippen LogP contribution in [0.4, 0.5) is 0 Å². The summed E-state index contributed by atoms with van der Waals surface area (Å²) in [5, 5.41) is -0.367. The van der Waals surface area contributed by atoms with Gasteiger partial charge >= 0.3 is 0 Å². The standard InChI is InChI=1S/C22H33NO3S/c1-2-3-7-18-10-12-19(13-11-18)22(24)23-16-14-21(15-17-23)27(25,26)20-8-5-4-6-9-20/h4-6,8-9,18-19,21H,2-3,7,10-17H2,1H3. The molecule has 1 amide bonds. The number of sulfone groups is 1. The van der Waals surface area contributed by atoms with Gasteiger partial charge in [-0.15, -0.1) is 0 Å². The summed E-state index contributed by atoms with van der Waals surface area (Å²) in [7, 11) is -3.29. The topological polar surface area (TPSA) is 54.5 Å². The third-order valence-corrected chi connectivity index (χ3v) is 8.70. The lowest BCUT2D eigenvalue weighted by Gasteiger charge is -2.36. The molecule has 0 atom stereocenters. The zero-order chi connectivity index (χ0) is 19.3. The molecule has 1 aromatic rings. The first-order valence-corrected chi connectivity index (χ1v) is 12.1. The van der Waals surface area contributed by atoms with Gasteiger partial charge in [0.1, 0.15) is 0 Å². The van der Waals surface area contributed by atoms with Crippen molar-refractivity contribution in [2.75, 3.05) is 13.1 Å². The summed E-state index contributed by atoms with van der Waals surface area (Å²) < 4.78 is 25.6. The number of unbranched alkanes of at least 4 members (excludes halogenated alkanes) is 1. The van der Waals surface area contributed by atoms with E-state index in [1.54, 1.807) is 24.3 Å². The molecule has 5 heteroatoms. The molecule has 1 saturated carbocycles. The molecule has 3 rings (SSSR count). The Hall–Kier alpha value is -1.36. The molecule has 2 fully saturated rings. The van der Waals surface area contributed by atoms with Crippen LogP contribution in [0.1, 0.15) is 64.7 Å². The molecule has 150 valence electrons. The lowest BCUT2D eigenvalue weighted by atomic mass is 9.79. The molecule has 1 heterocycles. The average molecular weight is 392 g/mol. The first-order valence-electron chi connectivity index (χ1n) is 10.6. The minimum atomic E-state index is -3.29. The molecule has 0 N–H and O–H groups in total. The van der Waals surface area contributed by atoms with Crippen LogP contribution in [-0.4, -0.2) is 37.6 Å². The van der Waals surface area contributed by atoms with Gasteiger partial charge in [0.15, 0.2) is 9.84 Å². The van der Waals surface area contributed by atoms with Crippen molar-refractivity contribution in [3.63, 3.8) is 0 Å². The lowest BCUT2D eigenvalue weighted by Crippen LogP contribution is -2.45. The number of carbonyl (C=O) groups excluding carboxylic acids is 1. The zero-order valence-corrected chi connectivity index (χ0v) is 17.3. The second-order valence-corrected chi connectivity index (χ2v) is 10.5. The molecule has 1 aliphatic carbocycles. The predicted octanol–water partition coefficient (Wildman–Crippen LogP) is 4.45. The Kier molecular flexibility index (Phi) is 6.96. The Labute approximate surface area is 164 Å². The van der Waals surface area contributed by atoms with Crippen molar-refractivity contribution in [3.05, 3.63) is 30.3 Å². The third kappa shape index (κ3) is 4.92. The maximum atomic E-state index is 12.9. The number of benzene rings is 1. The van der Waals surface area contributed by atoms with Gasteiger partial charge in [-0.3, -0.25) is 4.79 Å². The molecule has 0 bridgehead atoms. The number of carbonyl (C=O) groups is 1. The van der Waals surface area contributed by atoms with Gasteiger partial charge in [-0.1, -0.05) is 44.4 Å². The summed E-state index contributed by atoms with van der Waals surface area (Å²) in [5.41, 5.74) is 0. The number of hydrogen-bond acceptors (Lipinski definition) is 3. The van der Waals surface area contributed by atoms with Gasteiger partial charge in [0.2, 0.25) is 5.91 Å². The van der Waals surface area contributed by atoms with Crippen molar-refractivity contribution in [1.82, 2.24) is 4.90 Å². The Bertz CT molecular complexity index is 700. The fourth-order valence-electron chi connectivity index (χ4n) is 4.64. The van der Waals surface area contributed by atoms with E-state index in [-0.39, 0.29) is 17.1 Å². The highest BCUT2D eigenvalue weighted by Crippen LogP contribution is 2.34. The second-order valence-electron chi connectivity index (χ2n) is 8.24. The molecule has 1 aromatic carbocycles. The average Bonchev–Trinajstić information content (AvgIpc) is 2.73. The van der Waals surface area contributed by atoms with Crippen molar-refractivity contribution in [1.29, 1.82) is 0 Å². The monoisotopic (exact) mass is 391 g/mol. The zero-order valence-electron chi connectivity index (χ0n) is 16.5. The maximum absolute atomic E-state index is 12.9. The molecule has 0 unspecified atom stereocenters. The summed E-state index contributed by atoms with van der Waals surface area (Å²) in [6.07, 6.45) is 9.32. The maximum Gasteiger partial charge on any atom is 0.225 e. The van der Waals surface area contributed by atoms with E-state index in [4.69, 9.17) is 0 Å². The van der Waals surface area contributed by atoms with Crippen molar-refractivity contribution in [2.45, 2.75) is 74.9 Å². The van der Waals surface area contributed by atoms with Crippen LogP contribution in [0.2, 0.25) is 0 Å². The molecule has 27 heavy (non-hydrogen) atoms. The Balaban J connectivity index is 1.50. The number of amides is 1. The van der Waals surface area contributed by atoms with Crippen LogP contribution in [0.15, 0.2) is 35.2 Å². The van der Waals surface area contributed by atoms with Crippen LogP contribution in [0, 0.1) is 11.8 Å². The van der Waals surface area contributed by atoms with E-state index in [2.05, 4.69) is 6.92 Å². The summed E-state index contributed by atoms with van der Waals surface area (Å²) in [4.78, 5) is 15.2. The lowest BCUT2D eigenvalue weighted by molar-refractivity contribution is -0.137. The predicted molar refractivity (Wildman–Crippen MR) is 108 cm³/mol. The second kappa shape index (κ2) is 9.22. The fraction of sp³-hybridized carbons (Fsp3) is 0.682. The molecule has 0 spiro atoms. The molecule has 1 aliphatic heterocycles. The minimum absolute atomic E-state index is 0.158. The summed E-state index contributed by atoms with van der Waals surface area (Å²) in [6, 6.07) is 8.70. The van der Waals surface area contributed by atoms with E-state index in [0.29, 0.717) is 30.8 Å². The highest BCUT2D eigenvalue weighted by Gasteiger charge is 2.35. The van der Waals surface area contributed by atoms with Crippen LogP contribution in [0.25, 0.3) is 0 Å². The van der Waals surface area contributed by atoms with Crippen molar-refractivity contribution < 1.29 is 13.2 Å². The van der Waals surface area contributed by atoms with Crippen LogP contribution >= 0.6 is 0 Å². The number of piperidine rings is 1. The van der Waals surface area contributed by atoms with E-state index in [9.17, 15) is 13.2 Å². The van der Waals surface area contributed by atoms with Gasteiger partial charge in [0.05, 0.1) is 10.1 Å². The summed E-state index contributed by atoms with van der Waals surface area (Å²) >= 11 is 0. The molecule has 0 radical (unpaired) electrons. The van der Waals surface area contributed by atoms with Crippen LogP contribution in [-0.2, 0) is 14.6 Å². The minimum Gasteiger partial charge on any atom is -0.342 e. The largest absolute Gasteiger partial charge is 0.342 e. The SMILES string of the molecule is CCCCC1CCC(C(=O)N2CCC(S(=O)(=O)c3ccccc3)CC2)CC1. The molecule has 4 nitrogen and oxygen atoms in total. The van der Waals surface area contributed by atoms with Gasteiger partial charge in [-0.25, -0.2) is 8.42 Å². The van der Waals surface area contributed by atoms with E-state index < -0.39 is 9.84 Å². The smallest absolute Gasteiger partial charge is 0.225 e. The number of likely N-dealkylation sites (tertiary alicyclic amines) is 1. The first-order chi connectivity index (χ1) is 13.0. The number of hydrogen-bond donors (Lipinski definition) is 0. The van der Waals surface area contributed by atoms with E-state index in [1.807, 2.05) is 11.0 Å². The van der Waals surface area contributed by atoms with Crippen LogP contribution < -0.4 is 0 Å². The Morgan fingerprint density at radius 2 is 1.63 bits per heavy atom. The molecule has 1 saturated heterocycles. The van der Waals surface area contributed by atoms with Crippen LogP contribution in [0.3, 0.4) is 0 Å². The van der Waals surface area contributed by atoms with Crippen molar-refractivity contribution in [2.24, 2.45) is 11.8 Å². The van der Waals surface area contributed by atoms with Gasteiger partial charge in [0.25, 0.3) is 0 Å². The van der Waals surface area contributed by atoms with E-state index in [1.165, 1.54) is 32.1 Å². The molecular weight excluding hydrogens is 358 g/mol. The molecule has 0 aromatic heterocycles. The number of rotatable bonds is 6. The quantitative estimate of drug-likeness (QED) is 0.720. The van der Waals surface area contributed by atoms with Crippen LogP contribution in [0.5, 0.6) is 0 Å². The third-order valence-electron chi connectivity index (χ3n) is 6.43. The summed E-state index contributed by atoms with van der Waals surface area (Å²) in [5.74, 6) is 1.22. The first kappa shape index (κ1) is 20.4. The van der Waals surface area contributed by atoms with E-state index in [0.717, 1.165) is 18.8 Å². The van der Waals surface area contributed by atoms with Gasteiger partial charge in [0, 0.05) is 19.0 Å². The Morgan fingerprint density at radius 1 is 1.00 bits per heavy atom. The van der Waals surface area contributed by atoms with E-state index >= 15 is 0 Å².